The van der Waals surface area contributed by atoms with Crippen molar-refractivity contribution in [3.05, 3.63) is 157 Å². The highest BCUT2D eigenvalue weighted by atomic mass is 32.2. The molecule has 1 unspecified atom stereocenters. The van der Waals surface area contributed by atoms with Gasteiger partial charge in [0.15, 0.2) is 0 Å². The van der Waals surface area contributed by atoms with Gasteiger partial charge >= 0.3 is 0 Å². The van der Waals surface area contributed by atoms with Crippen LogP contribution in [0.25, 0.3) is 0 Å². The smallest absolute Gasteiger partial charge is 0.208 e. The lowest BCUT2D eigenvalue weighted by molar-refractivity contribution is 0.538. The van der Waals surface area contributed by atoms with E-state index in [1.165, 1.54) is 15.9 Å². The molecule has 0 bridgehead atoms. The van der Waals surface area contributed by atoms with Crippen LogP contribution in [0, 0.1) is 0 Å². The quantitative estimate of drug-likeness (QED) is 0.206. The molecule has 0 aliphatic heterocycles. The van der Waals surface area contributed by atoms with Crippen molar-refractivity contribution in [2.75, 3.05) is 6.16 Å². The van der Waals surface area contributed by atoms with Crippen molar-refractivity contribution in [1.82, 2.24) is 4.72 Å². The fraction of sp³-hybridized carbons (Fsp3) is 0.118. The average Bonchev–Trinajstić information content (AvgIpc) is 3.00. The first-order valence-corrected chi connectivity index (χ1v) is 16.7. The minimum absolute atomic E-state index is 0.270. The Balaban J connectivity index is 1.57. The molecule has 0 fully saturated rings. The highest BCUT2D eigenvalue weighted by Gasteiger charge is 2.45. The molecule has 0 aliphatic rings. The van der Waals surface area contributed by atoms with E-state index in [2.05, 4.69) is 108 Å². The molecule has 1 atom stereocenters. The van der Waals surface area contributed by atoms with Crippen LogP contribution in [0.5, 0.6) is 0 Å². The predicted octanol–water partition coefficient (Wildman–Crippen LogP) is 5.96. The number of rotatable bonds is 11. The lowest BCUT2D eigenvalue weighted by atomic mass is 10.1. The Morgan fingerprint density at radius 2 is 0.923 bits per heavy atom. The summed E-state index contributed by atoms with van der Waals surface area (Å²) in [6, 6.07) is 50.7. The predicted molar refractivity (Wildman–Crippen MR) is 165 cm³/mol. The van der Waals surface area contributed by atoms with Crippen molar-refractivity contribution in [2.45, 2.75) is 23.8 Å². The maximum absolute atomic E-state index is 13.5. The first-order chi connectivity index (χ1) is 19.1. The number of benzene rings is 5. The van der Waals surface area contributed by atoms with Crippen LogP contribution in [0.3, 0.4) is 0 Å². The van der Waals surface area contributed by atoms with Gasteiger partial charge in [-0.1, -0.05) is 103 Å². The van der Waals surface area contributed by atoms with Gasteiger partial charge in [-0.25, -0.2) is 13.1 Å². The molecule has 0 saturated carbocycles. The van der Waals surface area contributed by atoms with Gasteiger partial charge in [-0.2, -0.15) is 0 Å². The normalized spacial score (nSPS) is 12.6. The van der Waals surface area contributed by atoms with Crippen molar-refractivity contribution < 1.29 is 8.42 Å². The molecule has 0 aliphatic carbocycles. The fourth-order valence-electron chi connectivity index (χ4n) is 5.22. The molecule has 0 heterocycles. The summed E-state index contributed by atoms with van der Waals surface area (Å²) in [5.74, 6) is 0. The molecule has 5 aromatic rings. The van der Waals surface area contributed by atoms with Gasteiger partial charge in [0.25, 0.3) is 0 Å². The summed E-state index contributed by atoms with van der Waals surface area (Å²) in [5.41, 5.74) is 1.11. The van der Waals surface area contributed by atoms with E-state index in [4.69, 9.17) is 0 Å². The molecule has 0 aromatic heterocycles. The Hall–Kier alpha value is -3.56. The van der Waals surface area contributed by atoms with E-state index in [1.54, 1.807) is 24.3 Å². The third-order valence-electron chi connectivity index (χ3n) is 7.10. The van der Waals surface area contributed by atoms with Crippen LogP contribution in [0.15, 0.2) is 157 Å². The molecule has 1 N–H and O–H groups in total. The lowest BCUT2D eigenvalue weighted by Gasteiger charge is -2.29. The number of hydrogen-bond donors (Lipinski definition) is 1. The zero-order valence-corrected chi connectivity index (χ0v) is 23.5. The number of sulfonamides is 1. The van der Waals surface area contributed by atoms with Crippen LogP contribution < -0.4 is 20.6 Å². The van der Waals surface area contributed by atoms with Crippen molar-refractivity contribution >= 4 is 33.2 Å². The Labute approximate surface area is 233 Å². The summed E-state index contributed by atoms with van der Waals surface area (Å²) < 4.78 is 30.0. The second-order valence-electron chi connectivity index (χ2n) is 9.65. The van der Waals surface area contributed by atoms with Gasteiger partial charge in [0.05, 0.1) is 11.1 Å². The minimum atomic E-state index is -3.68. The SMILES string of the molecule is O=S(=O)(NC(CC[P+](c1ccccc1)(c1ccccc1)c1ccccc1)Cc1ccccc1)c1ccccc1. The van der Waals surface area contributed by atoms with Gasteiger partial charge in [-0.3, -0.25) is 0 Å². The summed E-state index contributed by atoms with van der Waals surface area (Å²) >= 11 is 0. The Morgan fingerprint density at radius 1 is 0.538 bits per heavy atom. The average molecular weight is 551 g/mol. The second kappa shape index (κ2) is 12.5. The fourth-order valence-corrected chi connectivity index (χ4v) is 10.9. The largest absolute Gasteiger partial charge is 0.240 e. The lowest BCUT2D eigenvalue weighted by Crippen LogP contribution is -2.40. The van der Waals surface area contributed by atoms with E-state index in [9.17, 15) is 8.42 Å². The van der Waals surface area contributed by atoms with Crippen molar-refractivity contribution in [3.63, 3.8) is 0 Å². The highest BCUT2D eigenvalue weighted by molar-refractivity contribution is 7.95. The van der Waals surface area contributed by atoms with Gasteiger partial charge in [-0.15, -0.1) is 0 Å². The molecule has 39 heavy (non-hydrogen) atoms. The molecule has 0 spiro atoms. The van der Waals surface area contributed by atoms with Crippen LogP contribution in [0.2, 0.25) is 0 Å². The molecular formula is C34H33NO2PS+. The molecular weight excluding hydrogens is 517 g/mol. The van der Waals surface area contributed by atoms with E-state index >= 15 is 0 Å². The zero-order valence-electron chi connectivity index (χ0n) is 21.8. The summed E-state index contributed by atoms with van der Waals surface area (Å²) in [6.45, 7) is 0. The van der Waals surface area contributed by atoms with E-state index in [1.807, 2.05) is 24.3 Å². The van der Waals surface area contributed by atoms with Gasteiger partial charge in [0.1, 0.15) is 23.2 Å². The minimum Gasteiger partial charge on any atom is -0.208 e. The van der Waals surface area contributed by atoms with Crippen LogP contribution in [0.4, 0.5) is 0 Å². The Bertz CT molecular complexity index is 1450. The van der Waals surface area contributed by atoms with Gasteiger partial charge in [-0.05, 0) is 66.9 Å². The Kier molecular flexibility index (Phi) is 8.68. The van der Waals surface area contributed by atoms with Crippen LogP contribution in [-0.2, 0) is 16.4 Å². The monoisotopic (exact) mass is 550 g/mol. The second-order valence-corrected chi connectivity index (χ2v) is 15.0. The molecule has 5 heteroatoms. The standard InChI is InChI=1S/C34H33NO2PS/c36-39(37,34-24-14-5-15-25-34)35-30(28-29-16-6-1-7-17-29)26-27-38(31-18-8-2-9-19-31,32-20-10-3-11-21-32)33-22-12-4-13-23-33/h1-25,30,35H,26-28H2/q+1. The maximum Gasteiger partial charge on any atom is 0.240 e. The molecule has 0 radical (unpaired) electrons. The van der Waals surface area contributed by atoms with E-state index in [0.29, 0.717) is 17.7 Å². The third-order valence-corrected chi connectivity index (χ3v) is 13.1. The first kappa shape index (κ1) is 27.0. The highest BCUT2D eigenvalue weighted by Crippen LogP contribution is 2.56. The van der Waals surface area contributed by atoms with Crippen LogP contribution >= 0.6 is 7.26 Å². The molecule has 196 valence electrons. The van der Waals surface area contributed by atoms with Crippen molar-refractivity contribution in [1.29, 1.82) is 0 Å². The number of nitrogens with one attached hydrogen (secondary N) is 1. The molecule has 0 amide bonds. The third kappa shape index (κ3) is 6.37. The molecule has 0 saturated heterocycles. The molecule has 5 aromatic carbocycles. The molecule has 5 rings (SSSR count). The van der Waals surface area contributed by atoms with Gasteiger partial charge in [0.2, 0.25) is 10.0 Å². The summed E-state index contributed by atoms with van der Waals surface area (Å²) in [6.07, 6.45) is 2.14. The van der Waals surface area contributed by atoms with Gasteiger partial charge in [0, 0.05) is 6.04 Å². The van der Waals surface area contributed by atoms with E-state index in [0.717, 1.165) is 11.7 Å². The first-order valence-electron chi connectivity index (χ1n) is 13.2. The topological polar surface area (TPSA) is 46.2 Å². The number of hydrogen-bond acceptors (Lipinski definition) is 2. The van der Waals surface area contributed by atoms with Gasteiger partial charge < -0.3 is 0 Å². The van der Waals surface area contributed by atoms with E-state index in [-0.39, 0.29) is 6.04 Å². The maximum atomic E-state index is 13.5. The summed E-state index contributed by atoms with van der Waals surface area (Å²) in [5, 5.41) is 3.89. The molecule has 3 nitrogen and oxygen atoms in total. The van der Waals surface area contributed by atoms with Crippen molar-refractivity contribution in [2.24, 2.45) is 0 Å². The summed E-state index contributed by atoms with van der Waals surface area (Å²) in [7, 11) is -5.76. The van der Waals surface area contributed by atoms with Crippen LogP contribution in [0.1, 0.15) is 12.0 Å². The van der Waals surface area contributed by atoms with Crippen LogP contribution in [-0.4, -0.2) is 20.6 Å². The summed E-state index contributed by atoms with van der Waals surface area (Å²) in [4.78, 5) is 0.290. The zero-order chi connectivity index (χ0) is 27.0. The van der Waals surface area contributed by atoms with E-state index < -0.39 is 17.3 Å². The Morgan fingerprint density at radius 3 is 1.36 bits per heavy atom. The van der Waals surface area contributed by atoms with Crippen molar-refractivity contribution in [3.8, 4) is 0 Å².